The van der Waals surface area contributed by atoms with Gasteiger partial charge in [0.1, 0.15) is 0 Å². The summed E-state index contributed by atoms with van der Waals surface area (Å²) in [5.74, 6) is 0. The number of benzene rings is 3. The molecule has 0 aliphatic rings. The minimum Gasteiger partial charge on any atom is -0.396 e. The lowest BCUT2D eigenvalue weighted by atomic mass is 10.1. The molecule has 0 spiro atoms. The number of rotatable bonds is 7. The minimum atomic E-state index is 0.192. The maximum atomic E-state index is 9.08. The van der Waals surface area contributed by atoms with Crippen LogP contribution in [0.4, 0.5) is 5.69 Å². The van der Waals surface area contributed by atoms with Crippen molar-refractivity contribution < 1.29 is 5.11 Å². The van der Waals surface area contributed by atoms with Crippen LogP contribution in [0, 0.1) is 0 Å². The first-order chi connectivity index (χ1) is 11.8. The standard InChI is InChI=1S/C22H23NO/c24-16-15-19-11-13-22(14-12-19)23(17-20-7-3-1-4-8-20)18-21-9-5-2-6-10-21/h1-14,24H,15-18H2. The third-order valence-corrected chi connectivity index (χ3v) is 4.13. The predicted molar refractivity (Wildman–Crippen MR) is 100 cm³/mol. The molecule has 1 N–H and O–H groups in total. The Hall–Kier alpha value is -2.58. The van der Waals surface area contributed by atoms with Gasteiger partial charge >= 0.3 is 0 Å². The number of hydrogen-bond donors (Lipinski definition) is 1. The van der Waals surface area contributed by atoms with Crippen molar-refractivity contribution in [2.45, 2.75) is 19.5 Å². The van der Waals surface area contributed by atoms with E-state index in [0.29, 0.717) is 6.42 Å². The van der Waals surface area contributed by atoms with Gasteiger partial charge in [-0.15, -0.1) is 0 Å². The Kier molecular flexibility index (Phi) is 5.65. The van der Waals surface area contributed by atoms with Crippen molar-refractivity contribution in [3.8, 4) is 0 Å². The fraction of sp³-hybridized carbons (Fsp3) is 0.182. The third-order valence-electron chi connectivity index (χ3n) is 4.13. The van der Waals surface area contributed by atoms with Crippen LogP contribution in [0.25, 0.3) is 0 Å². The van der Waals surface area contributed by atoms with E-state index in [9.17, 15) is 0 Å². The second-order valence-electron chi connectivity index (χ2n) is 5.97. The Morgan fingerprint density at radius 2 is 1.08 bits per heavy atom. The predicted octanol–water partition coefficient (Wildman–Crippen LogP) is 4.43. The van der Waals surface area contributed by atoms with E-state index in [1.807, 2.05) is 0 Å². The first-order valence-corrected chi connectivity index (χ1v) is 8.38. The highest BCUT2D eigenvalue weighted by atomic mass is 16.2. The van der Waals surface area contributed by atoms with Crippen LogP contribution in [-0.4, -0.2) is 11.7 Å². The van der Waals surface area contributed by atoms with Crippen molar-refractivity contribution >= 4 is 5.69 Å². The molecule has 0 aromatic heterocycles. The molecule has 3 rings (SSSR count). The summed E-state index contributed by atoms with van der Waals surface area (Å²) in [6, 6.07) is 29.6. The molecule has 122 valence electrons. The normalized spacial score (nSPS) is 10.5. The largest absolute Gasteiger partial charge is 0.396 e. The molecule has 0 unspecified atom stereocenters. The van der Waals surface area contributed by atoms with E-state index < -0.39 is 0 Å². The van der Waals surface area contributed by atoms with Crippen molar-refractivity contribution in [2.24, 2.45) is 0 Å². The molecule has 2 nitrogen and oxygen atoms in total. The summed E-state index contributed by atoms with van der Waals surface area (Å²) in [7, 11) is 0. The minimum absolute atomic E-state index is 0.192. The van der Waals surface area contributed by atoms with Gasteiger partial charge in [-0.3, -0.25) is 0 Å². The van der Waals surface area contributed by atoms with Crippen LogP contribution < -0.4 is 4.90 Å². The first kappa shape index (κ1) is 16.3. The van der Waals surface area contributed by atoms with Gasteiger partial charge in [0.2, 0.25) is 0 Å². The molecule has 0 saturated heterocycles. The van der Waals surface area contributed by atoms with Gasteiger partial charge in [0.05, 0.1) is 0 Å². The molecule has 0 amide bonds. The molecule has 0 aliphatic carbocycles. The van der Waals surface area contributed by atoms with Crippen molar-refractivity contribution in [3.05, 3.63) is 102 Å². The van der Waals surface area contributed by atoms with E-state index in [2.05, 4.69) is 89.8 Å². The summed E-state index contributed by atoms with van der Waals surface area (Å²) in [5.41, 5.74) is 4.96. The van der Waals surface area contributed by atoms with Crippen molar-refractivity contribution in [1.29, 1.82) is 0 Å². The van der Waals surface area contributed by atoms with Crippen molar-refractivity contribution in [1.82, 2.24) is 0 Å². The molecule has 0 radical (unpaired) electrons. The van der Waals surface area contributed by atoms with Crippen LogP contribution in [0.15, 0.2) is 84.9 Å². The quantitative estimate of drug-likeness (QED) is 0.697. The molecule has 3 aromatic carbocycles. The summed E-state index contributed by atoms with van der Waals surface area (Å²) in [5, 5.41) is 9.08. The van der Waals surface area contributed by atoms with Gasteiger partial charge in [-0.1, -0.05) is 72.8 Å². The van der Waals surface area contributed by atoms with Gasteiger partial charge in [0.15, 0.2) is 0 Å². The van der Waals surface area contributed by atoms with Gasteiger partial charge in [-0.25, -0.2) is 0 Å². The molecular weight excluding hydrogens is 294 g/mol. The van der Waals surface area contributed by atoms with Gasteiger partial charge in [0.25, 0.3) is 0 Å². The lowest BCUT2D eigenvalue weighted by Crippen LogP contribution is -2.22. The van der Waals surface area contributed by atoms with Crippen LogP contribution in [0.3, 0.4) is 0 Å². The molecule has 0 atom stereocenters. The van der Waals surface area contributed by atoms with E-state index in [-0.39, 0.29) is 6.61 Å². The second kappa shape index (κ2) is 8.32. The van der Waals surface area contributed by atoms with Gasteiger partial charge in [-0.2, -0.15) is 0 Å². The number of aliphatic hydroxyl groups is 1. The van der Waals surface area contributed by atoms with Gasteiger partial charge in [0, 0.05) is 25.4 Å². The van der Waals surface area contributed by atoms with Crippen molar-refractivity contribution in [3.63, 3.8) is 0 Å². The zero-order valence-electron chi connectivity index (χ0n) is 13.8. The van der Waals surface area contributed by atoms with E-state index in [4.69, 9.17) is 5.11 Å². The molecule has 24 heavy (non-hydrogen) atoms. The highest BCUT2D eigenvalue weighted by Crippen LogP contribution is 2.21. The Labute approximate surface area is 144 Å². The van der Waals surface area contributed by atoms with Gasteiger partial charge < -0.3 is 10.0 Å². The first-order valence-electron chi connectivity index (χ1n) is 8.38. The number of nitrogens with zero attached hydrogens (tertiary/aromatic N) is 1. The summed E-state index contributed by atoms with van der Waals surface area (Å²) < 4.78 is 0. The second-order valence-corrected chi connectivity index (χ2v) is 5.97. The summed E-state index contributed by atoms with van der Waals surface area (Å²) in [6.45, 7) is 1.93. The molecule has 0 bridgehead atoms. The smallest absolute Gasteiger partial charge is 0.0471 e. The maximum Gasteiger partial charge on any atom is 0.0471 e. The van der Waals surface area contributed by atoms with E-state index in [1.54, 1.807) is 0 Å². The summed E-state index contributed by atoms with van der Waals surface area (Å²) in [4.78, 5) is 2.38. The Bertz CT molecular complexity index is 681. The molecule has 3 aromatic rings. The number of hydrogen-bond acceptors (Lipinski definition) is 2. The van der Waals surface area contributed by atoms with Crippen LogP contribution >= 0.6 is 0 Å². The highest BCUT2D eigenvalue weighted by Gasteiger charge is 2.08. The number of anilines is 1. The zero-order chi connectivity index (χ0) is 16.6. The third kappa shape index (κ3) is 4.46. The van der Waals surface area contributed by atoms with Gasteiger partial charge in [-0.05, 0) is 35.2 Å². The van der Waals surface area contributed by atoms with Crippen LogP contribution in [0.5, 0.6) is 0 Å². The van der Waals surface area contributed by atoms with Crippen LogP contribution in [0.2, 0.25) is 0 Å². The molecule has 0 saturated carbocycles. The topological polar surface area (TPSA) is 23.5 Å². The fourth-order valence-electron chi connectivity index (χ4n) is 2.85. The SMILES string of the molecule is OCCc1ccc(N(Cc2ccccc2)Cc2ccccc2)cc1. The maximum absolute atomic E-state index is 9.08. The van der Waals surface area contributed by atoms with Crippen molar-refractivity contribution in [2.75, 3.05) is 11.5 Å². The van der Waals surface area contributed by atoms with Crippen LogP contribution in [-0.2, 0) is 19.5 Å². The van der Waals surface area contributed by atoms with E-state index in [0.717, 1.165) is 13.1 Å². The molecular formula is C22H23NO. The molecule has 0 fully saturated rings. The van der Waals surface area contributed by atoms with E-state index >= 15 is 0 Å². The Balaban J connectivity index is 1.83. The average Bonchev–Trinajstić information content (AvgIpc) is 2.64. The molecule has 0 heterocycles. The molecule has 2 heteroatoms. The number of aliphatic hydroxyl groups excluding tert-OH is 1. The zero-order valence-corrected chi connectivity index (χ0v) is 13.8. The summed E-state index contributed by atoms with van der Waals surface area (Å²) in [6.07, 6.45) is 0.706. The lowest BCUT2D eigenvalue weighted by Gasteiger charge is -2.25. The van der Waals surface area contributed by atoms with Crippen LogP contribution in [0.1, 0.15) is 16.7 Å². The van der Waals surface area contributed by atoms with E-state index in [1.165, 1.54) is 22.4 Å². The fourth-order valence-corrected chi connectivity index (χ4v) is 2.85. The Morgan fingerprint density at radius 1 is 0.583 bits per heavy atom. The Morgan fingerprint density at radius 3 is 1.54 bits per heavy atom. The average molecular weight is 317 g/mol. The lowest BCUT2D eigenvalue weighted by molar-refractivity contribution is 0.299. The highest BCUT2D eigenvalue weighted by molar-refractivity contribution is 5.49. The monoisotopic (exact) mass is 317 g/mol. The summed E-state index contributed by atoms with van der Waals surface area (Å²) >= 11 is 0. The molecule has 0 aliphatic heterocycles.